The van der Waals surface area contributed by atoms with E-state index in [9.17, 15) is 9.59 Å². The number of aromatic amines is 1. The molecule has 1 fully saturated rings. The van der Waals surface area contributed by atoms with Crippen LogP contribution in [0.4, 0.5) is 0 Å². The van der Waals surface area contributed by atoms with E-state index in [1.807, 2.05) is 24.8 Å². The number of amides is 1. The lowest BCUT2D eigenvalue weighted by molar-refractivity contribution is -0.131. The molecule has 0 aliphatic carbocycles. The van der Waals surface area contributed by atoms with Crippen molar-refractivity contribution < 1.29 is 4.79 Å². The summed E-state index contributed by atoms with van der Waals surface area (Å²) in [6, 6.07) is 10.6. The number of rotatable bonds is 4. The Morgan fingerprint density at radius 1 is 1.19 bits per heavy atom. The van der Waals surface area contributed by atoms with Gasteiger partial charge in [0.1, 0.15) is 0 Å². The number of H-pyrrole nitrogens is 1. The summed E-state index contributed by atoms with van der Waals surface area (Å²) in [7, 11) is 0. The van der Waals surface area contributed by atoms with Gasteiger partial charge in [0, 0.05) is 30.9 Å². The van der Waals surface area contributed by atoms with Gasteiger partial charge in [-0.1, -0.05) is 30.3 Å². The Kier molecular flexibility index (Phi) is 5.86. The second-order valence-corrected chi connectivity index (χ2v) is 7.15. The van der Waals surface area contributed by atoms with Gasteiger partial charge in [-0.05, 0) is 56.6 Å². The lowest BCUT2D eigenvalue weighted by Gasteiger charge is -2.21. The number of hydrogen-bond donors (Lipinski definition) is 1. The highest BCUT2D eigenvalue weighted by Crippen LogP contribution is 2.28. The summed E-state index contributed by atoms with van der Waals surface area (Å²) >= 11 is 0. The highest BCUT2D eigenvalue weighted by atomic mass is 16.2. The van der Waals surface area contributed by atoms with E-state index in [1.165, 1.54) is 5.56 Å². The van der Waals surface area contributed by atoms with E-state index >= 15 is 0 Å². The summed E-state index contributed by atoms with van der Waals surface area (Å²) < 4.78 is 0. The molecule has 2 heterocycles. The van der Waals surface area contributed by atoms with Crippen LogP contribution in [0.25, 0.3) is 0 Å². The zero-order valence-corrected chi connectivity index (χ0v) is 15.6. The van der Waals surface area contributed by atoms with Crippen LogP contribution in [-0.4, -0.2) is 33.9 Å². The molecule has 3 rings (SSSR count). The first kappa shape index (κ1) is 18.4. The molecule has 26 heavy (non-hydrogen) atoms. The number of nitrogens with one attached hydrogen (secondary N) is 1. The molecule has 2 aromatic rings. The molecule has 0 saturated carbocycles. The minimum absolute atomic E-state index is 0.198. The number of aryl methyl sites for hydroxylation is 2. The van der Waals surface area contributed by atoms with Crippen LogP contribution < -0.4 is 5.69 Å². The van der Waals surface area contributed by atoms with Crippen molar-refractivity contribution in [1.29, 1.82) is 0 Å². The zero-order valence-electron chi connectivity index (χ0n) is 15.6. The van der Waals surface area contributed by atoms with Crippen LogP contribution in [0.2, 0.25) is 0 Å². The van der Waals surface area contributed by atoms with Gasteiger partial charge in [-0.25, -0.2) is 4.79 Å². The first-order chi connectivity index (χ1) is 12.5. The molecule has 5 nitrogen and oxygen atoms in total. The van der Waals surface area contributed by atoms with Gasteiger partial charge in [-0.2, -0.15) is 4.98 Å². The molecule has 0 radical (unpaired) electrons. The van der Waals surface area contributed by atoms with E-state index in [2.05, 4.69) is 34.2 Å². The lowest BCUT2D eigenvalue weighted by Crippen LogP contribution is -2.32. The molecule has 1 atom stereocenters. The molecule has 5 heteroatoms. The Morgan fingerprint density at radius 2 is 1.96 bits per heavy atom. The summed E-state index contributed by atoms with van der Waals surface area (Å²) in [6.45, 7) is 5.36. The lowest BCUT2D eigenvalue weighted by atomic mass is 9.92. The maximum Gasteiger partial charge on any atom is 0.345 e. The first-order valence-electron chi connectivity index (χ1n) is 9.43. The average Bonchev–Trinajstić information content (AvgIpc) is 2.87. The maximum absolute atomic E-state index is 12.7. The molecule has 138 valence electrons. The second kappa shape index (κ2) is 8.30. The van der Waals surface area contributed by atoms with Crippen LogP contribution in [0.15, 0.2) is 35.1 Å². The third-order valence-electron chi connectivity index (χ3n) is 5.39. The molecule has 1 amide bonds. The Morgan fingerprint density at radius 3 is 2.69 bits per heavy atom. The molecular formula is C21H27N3O2. The molecular weight excluding hydrogens is 326 g/mol. The highest BCUT2D eigenvalue weighted by Gasteiger charge is 2.21. The molecule has 1 aliphatic rings. The van der Waals surface area contributed by atoms with Crippen molar-refractivity contribution >= 4 is 5.91 Å². The van der Waals surface area contributed by atoms with Gasteiger partial charge in [-0.15, -0.1) is 0 Å². The Hall–Kier alpha value is -2.43. The maximum atomic E-state index is 12.7. The van der Waals surface area contributed by atoms with Crippen LogP contribution in [0.3, 0.4) is 0 Å². The molecule has 1 N–H and O–H groups in total. The van der Waals surface area contributed by atoms with E-state index in [0.29, 0.717) is 18.8 Å². The Balaban J connectivity index is 1.58. The summed E-state index contributed by atoms with van der Waals surface area (Å²) in [5.41, 5.74) is 3.58. The third-order valence-corrected chi connectivity index (χ3v) is 5.39. The molecule has 1 aromatic carbocycles. The van der Waals surface area contributed by atoms with E-state index in [1.54, 1.807) is 0 Å². The smallest absolute Gasteiger partial charge is 0.343 e. The zero-order chi connectivity index (χ0) is 18.5. The number of hydrogen-bond acceptors (Lipinski definition) is 3. The predicted molar refractivity (Wildman–Crippen MR) is 102 cm³/mol. The van der Waals surface area contributed by atoms with Gasteiger partial charge >= 0.3 is 5.69 Å². The van der Waals surface area contributed by atoms with Gasteiger partial charge in [0.2, 0.25) is 5.91 Å². The van der Waals surface area contributed by atoms with Gasteiger partial charge in [0.15, 0.2) is 0 Å². The Bertz CT molecular complexity index is 788. The highest BCUT2D eigenvalue weighted by molar-refractivity contribution is 5.76. The molecule has 1 aliphatic heterocycles. The van der Waals surface area contributed by atoms with Crippen molar-refractivity contribution in [2.24, 2.45) is 0 Å². The first-order valence-corrected chi connectivity index (χ1v) is 9.43. The number of aromatic nitrogens is 2. The summed E-state index contributed by atoms with van der Waals surface area (Å²) in [4.78, 5) is 32.8. The third kappa shape index (κ3) is 4.40. The van der Waals surface area contributed by atoms with Crippen LogP contribution in [0, 0.1) is 13.8 Å². The second-order valence-electron chi connectivity index (χ2n) is 7.15. The van der Waals surface area contributed by atoms with Crippen LogP contribution in [0.1, 0.15) is 54.1 Å². The van der Waals surface area contributed by atoms with Crippen molar-refractivity contribution in [2.75, 3.05) is 13.1 Å². The largest absolute Gasteiger partial charge is 0.345 e. The predicted octanol–water partition coefficient (Wildman–Crippen LogP) is 3.12. The van der Waals surface area contributed by atoms with E-state index in [-0.39, 0.29) is 11.6 Å². The fraction of sp³-hybridized carbons (Fsp3) is 0.476. The van der Waals surface area contributed by atoms with E-state index in [0.717, 1.165) is 49.3 Å². The van der Waals surface area contributed by atoms with Crippen molar-refractivity contribution in [3.8, 4) is 0 Å². The number of carbonyl (C=O) groups is 1. The summed E-state index contributed by atoms with van der Waals surface area (Å²) in [5.74, 6) is 0.741. The summed E-state index contributed by atoms with van der Waals surface area (Å²) in [5, 5.41) is 0. The minimum Gasteiger partial charge on any atom is -0.343 e. The van der Waals surface area contributed by atoms with Crippen molar-refractivity contribution in [3.63, 3.8) is 0 Å². The number of benzene rings is 1. The fourth-order valence-electron chi connectivity index (χ4n) is 3.92. The quantitative estimate of drug-likeness (QED) is 0.918. The van der Waals surface area contributed by atoms with Crippen molar-refractivity contribution in [1.82, 2.24) is 14.9 Å². The van der Waals surface area contributed by atoms with Crippen LogP contribution in [0.5, 0.6) is 0 Å². The summed E-state index contributed by atoms with van der Waals surface area (Å²) in [6.07, 6.45) is 4.29. The topological polar surface area (TPSA) is 66.1 Å². The number of likely N-dealkylation sites (tertiary alicyclic amines) is 1. The van der Waals surface area contributed by atoms with Crippen LogP contribution in [-0.2, 0) is 11.2 Å². The van der Waals surface area contributed by atoms with Crippen LogP contribution >= 0.6 is 0 Å². The van der Waals surface area contributed by atoms with E-state index < -0.39 is 0 Å². The normalized spacial score (nSPS) is 17.8. The van der Waals surface area contributed by atoms with Gasteiger partial charge in [0.05, 0.1) is 0 Å². The van der Waals surface area contributed by atoms with Gasteiger partial charge in [-0.3, -0.25) is 4.79 Å². The molecule has 1 aromatic heterocycles. The van der Waals surface area contributed by atoms with Gasteiger partial charge < -0.3 is 9.88 Å². The monoisotopic (exact) mass is 353 g/mol. The molecule has 0 unspecified atom stereocenters. The molecule has 0 spiro atoms. The van der Waals surface area contributed by atoms with Gasteiger partial charge in [0.25, 0.3) is 0 Å². The molecule has 0 bridgehead atoms. The minimum atomic E-state index is -0.324. The van der Waals surface area contributed by atoms with E-state index in [4.69, 9.17) is 0 Å². The Labute approximate surface area is 154 Å². The molecule has 1 saturated heterocycles. The van der Waals surface area contributed by atoms with Crippen molar-refractivity contribution in [2.45, 2.75) is 51.9 Å². The SMILES string of the molecule is Cc1nc(=O)[nH]c(C)c1CCC(=O)N1CCC[C@@H](c2ccccc2)CC1. The van der Waals surface area contributed by atoms with Crippen molar-refractivity contribution in [3.05, 3.63) is 63.3 Å². The number of carbonyl (C=O) groups excluding carboxylic acids is 1. The standard InChI is InChI=1S/C21H27N3O2/c1-15-19(16(2)23-21(26)22-15)10-11-20(25)24-13-6-9-18(12-14-24)17-7-4-3-5-8-17/h3-5,7-8,18H,6,9-14H2,1-2H3,(H,22,23,26)/t18-/m1/s1. The average molecular weight is 353 g/mol. The number of nitrogens with zero attached hydrogens (tertiary/aromatic N) is 2. The fourth-order valence-corrected chi connectivity index (χ4v) is 3.92.